The van der Waals surface area contributed by atoms with E-state index in [1.165, 1.54) is 32.4 Å². The number of hydrogen-bond donors (Lipinski definition) is 1. The number of amides is 2. The van der Waals surface area contributed by atoms with E-state index >= 15 is 0 Å². The highest BCUT2D eigenvalue weighted by Crippen LogP contribution is 2.49. The molecule has 2 amide bonds. The first-order valence-corrected chi connectivity index (χ1v) is 20.3. The van der Waals surface area contributed by atoms with Gasteiger partial charge >= 0.3 is 0 Å². The van der Waals surface area contributed by atoms with E-state index in [-0.39, 0.29) is 17.9 Å². The van der Waals surface area contributed by atoms with Crippen LogP contribution in [0.15, 0.2) is 42.5 Å². The molecule has 6 rings (SSSR count). The molecular weight excluding hydrogens is 701 g/mol. The number of fused-ring (bicyclic) bond motifs is 3. The fourth-order valence-electron chi connectivity index (χ4n) is 6.94. The molecule has 0 spiro atoms. The molecule has 1 unspecified atom stereocenters. The van der Waals surface area contributed by atoms with E-state index in [1.807, 2.05) is 57.1 Å². The predicted octanol–water partition coefficient (Wildman–Crippen LogP) is 6.36. The number of methoxy groups -OCH3 is 1. The van der Waals surface area contributed by atoms with Gasteiger partial charge in [-0.15, -0.1) is 0 Å². The highest BCUT2D eigenvalue weighted by atomic mass is 32.2. The van der Waals surface area contributed by atoms with Crippen LogP contribution >= 0.6 is 0 Å². The van der Waals surface area contributed by atoms with Gasteiger partial charge in [-0.25, -0.2) is 4.21 Å². The van der Waals surface area contributed by atoms with Gasteiger partial charge in [0.1, 0.15) is 17.3 Å². The Hall–Kier alpha value is -3.90. The normalized spacial score (nSPS) is 15.9. The average Bonchev–Trinajstić information content (AvgIpc) is 3.17. The lowest BCUT2D eigenvalue weighted by Gasteiger charge is -2.36. The van der Waals surface area contributed by atoms with Crippen LogP contribution in [0.4, 0.5) is 5.69 Å². The molecule has 0 bridgehead atoms. The van der Waals surface area contributed by atoms with Crippen molar-refractivity contribution in [3.63, 3.8) is 0 Å². The summed E-state index contributed by atoms with van der Waals surface area (Å²) < 4.78 is 19.8. The number of ether oxygens (including phenoxy) is 1. The third kappa shape index (κ3) is 11.3. The zero-order chi connectivity index (χ0) is 40.2. The number of benzene rings is 3. The number of likely N-dealkylation sites (tertiary alicyclic amines) is 1. The van der Waals surface area contributed by atoms with Crippen LogP contribution < -0.4 is 4.31 Å². The number of aldehydes is 1. The molecule has 0 saturated carbocycles. The lowest BCUT2D eigenvalue weighted by Crippen LogP contribution is -2.48. The number of anilines is 1. The Balaban J connectivity index is 0.000000439. The van der Waals surface area contributed by atoms with Crippen LogP contribution in [0.1, 0.15) is 78.2 Å². The average molecular weight is 763 g/mol. The van der Waals surface area contributed by atoms with Crippen molar-refractivity contribution in [3.05, 3.63) is 75.8 Å². The number of piperazine rings is 1. The van der Waals surface area contributed by atoms with Gasteiger partial charge in [0.15, 0.2) is 0 Å². The number of carbonyl (C=O) groups excluding carboxylic acids is 3. The summed E-state index contributed by atoms with van der Waals surface area (Å²) in [6, 6.07) is 14.1. The predicted molar refractivity (Wildman–Crippen MR) is 221 cm³/mol. The van der Waals surface area contributed by atoms with Crippen LogP contribution in [-0.2, 0) is 38.3 Å². The molecule has 54 heavy (non-hydrogen) atoms. The minimum Gasteiger partial charge on any atom is -0.400 e. The van der Waals surface area contributed by atoms with E-state index in [4.69, 9.17) is 9.84 Å². The second-order valence-electron chi connectivity index (χ2n) is 15.0. The molecule has 1 atom stereocenters. The fourth-order valence-corrected chi connectivity index (χ4v) is 7.74. The number of aliphatic hydroxyl groups is 1. The molecule has 296 valence electrons. The molecule has 10 nitrogen and oxygen atoms in total. The van der Waals surface area contributed by atoms with E-state index in [1.54, 1.807) is 23.2 Å². The van der Waals surface area contributed by atoms with E-state index in [0.717, 1.165) is 75.6 Å². The molecule has 3 aliphatic rings. The van der Waals surface area contributed by atoms with Crippen LogP contribution in [0.5, 0.6) is 0 Å². The first-order valence-electron chi connectivity index (χ1n) is 18.8. The number of hydrogen-bond acceptors (Lipinski definition) is 7. The van der Waals surface area contributed by atoms with Crippen molar-refractivity contribution in [1.29, 1.82) is 0 Å². The van der Waals surface area contributed by atoms with Crippen molar-refractivity contribution in [1.82, 2.24) is 14.7 Å². The topological polar surface area (TPSA) is 111 Å². The third-order valence-electron chi connectivity index (χ3n) is 10.2. The maximum atomic E-state index is 13.5. The van der Waals surface area contributed by atoms with Gasteiger partial charge in [-0.3, -0.25) is 13.9 Å². The van der Waals surface area contributed by atoms with Crippen LogP contribution in [0.25, 0.3) is 22.3 Å². The Morgan fingerprint density at radius 2 is 1.46 bits per heavy atom. The molecule has 11 heteroatoms. The minimum absolute atomic E-state index is 0.0417. The Morgan fingerprint density at radius 1 is 0.870 bits per heavy atom. The maximum Gasteiger partial charge on any atom is 0.253 e. The van der Waals surface area contributed by atoms with Crippen molar-refractivity contribution in [2.45, 2.75) is 79.4 Å². The lowest BCUT2D eigenvalue weighted by molar-refractivity contribution is -0.119. The van der Waals surface area contributed by atoms with Crippen LogP contribution in [0.2, 0.25) is 0 Å². The maximum absolute atomic E-state index is 13.5. The highest BCUT2D eigenvalue weighted by molar-refractivity contribution is 7.85. The van der Waals surface area contributed by atoms with E-state index in [0.29, 0.717) is 38.3 Å². The van der Waals surface area contributed by atoms with Gasteiger partial charge in [0, 0.05) is 64.2 Å². The Kier molecular flexibility index (Phi) is 17.0. The minimum atomic E-state index is -1.29. The zero-order valence-corrected chi connectivity index (χ0v) is 35.0. The van der Waals surface area contributed by atoms with Crippen molar-refractivity contribution < 1.29 is 28.4 Å². The molecule has 3 aliphatic heterocycles. The number of nitrogens with zero attached hydrogens (tertiary/aromatic N) is 4. The molecular formula is C43H62N4O6S. The lowest BCUT2D eigenvalue weighted by atomic mass is 9.80. The first-order chi connectivity index (χ1) is 25.7. The van der Waals surface area contributed by atoms with Crippen molar-refractivity contribution in [3.8, 4) is 22.3 Å². The summed E-state index contributed by atoms with van der Waals surface area (Å²) in [4.78, 5) is 42.3. The fraction of sp³-hybridized carbons (Fsp3) is 0.512. The molecule has 2 fully saturated rings. The summed E-state index contributed by atoms with van der Waals surface area (Å²) in [6.07, 6.45) is 7.96. The molecule has 1 N–H and O–H groups in total. The van der Waals surface area contributed by atoms with Crippen LogP contribution in [-0.4, -0.2) is 115 Å². The Bertz CT molecular complexity index is 1740. The Morgan fingerprint density at radius 3 is 1.94 bits per heavy atom. The first kappa shape index (κ1) is 44.5. The van der Waals surface area contributed by atoms with E-state index < -0.39 is 11.0 Å². The van der Waals surface area contributed by atoms with Crippen molar-refractivity contribution in [2.75, 3.05) is 71.1 Å². The molecule has 0 radical (unpaired) electrons. The molecule has 0 aromatic heterocycles. The van der Waals surface area contributed by atoms with E-state index in [2.05, 4.69) is 43.1 Å². The summed E-state index contributed by atoms with van der Waals surface area (Å²) >= 11 is 0. The quantitative estimate of drug-likeness (QED) is 0.292. The zero-order valence-electron chi connectivity index (χ0n) is 34.2. The summed E-state index contributed by atoms with van der Waals surface area (Å²) in [5, 5.41) is 7.00. The van der Waals surface area contributed by atoms with Crippen LogP contribution in [0.3, 0.4) is 0 Å². The molecule has 3 heterocycles. The number of rotatable bonds is 6. The SMILES string of the molecule is CN1CCCCC1.CO.COC(C)(C)C.Cc1ccc(-c2c(C)c3c(c(C)c2CC=O)N(S(C)=O)Cc2ccc(C(=O)N4CCN(C=O)CC4)cc2-3)cc1. The third-order valence-corrected chi connectivity index (χ3v) is 11.1. The van der Waals surface area contributed by atoms with Crippen LogP contribution in [0, 0.1) is 20.8 Å². The monoisotopic (exact) mass is 762 g/mol. The molecule has 3 aromatic rings. The molecule has 0 aliphatic carbocycles. The standard InChI is InChI=1S/C31H33N3O4S.C6H13N.C5H12O.CH4O/c1-20-5-7-23(8-6-20)28-22(3)29-27-17-24(31(37)33-14-12-32(19-36)13-15-33)9-10-25(27)18-34(39(4)38)30(29)21(2)26(28)11-16-35;1-7-5-3-2-4-6-7;1-5(2,3)6-4;1-2/h5-10,16-17,19H,11-15,18H2,1-4H3;2-6H2,1H3;1-4H3;2H,1H3. The number of carbonyl (C=O) groups is 3. The summed E-state index contributed by atoms with van der Waals surface area (Å²) in [7, 11) is 3.61. The second kappa shape index (κ2) is 20.7. The van der Waals surface area contributed by atoms with Gasteiger partial charge in [0.25, 0.3) is 5.91 Å². The number of aryl methyl sites for hydroxylation is 1. The smallest absolute Gasteiger partial charge is 0.253 e. The second-order valence-corrected chi connectivity index (χ2v) is 16.3. The van der Waals surface area contributed by atoms with Gasteiger partial charge in [0.2, 0.25) is 6.41 Å². The Labute approximate surface area is 326 Å². The summed E-state index contributed by atoms with van der Waals surface area (Å²) in [6.45, 7) is 17.3. The van der Waals surface area contributed by atoms with Crippen molar-refractivity contribution in [2.24, 2.45) is 0 Å². The number of aliphatic hydroxyl groups excluding tert-OH is 1. The number of piperidine rings is 1. The van der Waals surface area contributed by atoms with Gasteiger partial charge < -0.3 is 29.3 Å². The summed E-state index contributed by atoms with van der Waals surface area (Å²) in [5.41, 5.74) is 10.5. The largest absolute Gasteiger partial charge is 0.400 e. The van der Waals surface area contributed by atoms with Gasteiger partial charge in [-0.05, 0) is 126 Å². The van der Waals surface area contributed by atoms with Crippen molar-refractivity contribution >= 4 is 35.3 Å². The van der Waals surface area contributed by atoms with Gasteiger partial charge in [-0.2, -0.15) is 0 Å². The summed E-state index contributed by atoms with van der Waals surface area (Å²) in [5.74, 6) is -0.0582. The van der Waals surface area contributed by atoms with Gasteiger partial charge in [0.05, 0.1) is 17.8 Å². The van der Waals surface area contributed by atoms with E-state index in [9.17, 15) is 18.6 Å². The highest BCUT2D eigenvalue weighted by Gasteiger charge is 2.32. The molecule has 2 saturated heterocycles. The van der Waals surface area contributed by atoms with Gasteiger partial charge in [-0.1, -0.05) is 42.3 Å². The molecule has 3 aromatic carbocycles.